The second kappa shape index (κ2) is 6.33. The Labute approximate surface area is 132 Å². The number of aryl methyl sites for hydroxylation is 1. The topological polar surface area (TPSA) is 86.7 Å². The second-order valence-corrected chi connectivity index (χ2v) is 7.52. The quantitative estimate of drug-likeness (QED) is 0.843. The summed E-state index contributed by atoms with van der Waals surface area (Å²) in [4.78, 5) is 10.9. The molecule has 1 fully saturated rings. The number of aliphatic carboxylic acids is 1. The van der Waals surface area contributed by atoms with Gasteiger partial charge in [-0.15, -0.1) is 0 Å². The summed E-state index contributed by atoms with van der Waals surface area (Å²) in [5, 5.41) is 8.94. The van der Waals surface area contributed by atoms with Gasteiger partial charge in [0, 0.05) is 17.6 Å². The molecule has 0 unspecified atom stereocenters. The summed E-state index contributed by atoms with van der Waals surface area (Å²) in [7, 11) is -3.66. The van der Waals surface area contributed by atoms with Crippen molar-refractivity contribution in [3.05, 3.63) is 28.2 Å². The first-order valence-corrected chi connectivity index (χ1v) is 8.80. The normalized spacial score (nSPS) is 17.6. The Morgan fingerprint density at radius 1 is 1.38 bits per heavy atom. The molecule has 1 aliphatic rings. The first kappa shape index (κ1) is 16.3. The van der Waals surface area contributed by atoms with Crippen LogP contribution in [0.4, 0.5) is 5.69 Å². The summed E-state index contributed by atoms with van der Waals surface area (Å²) in [6.45, 7) is 2.31. The van der Waals surface area contributed by atoms with Gasteiger partial charge in [0.25, 0.3) is 0 Å². The number of nitrogens with zero attached hydrogens (tertiary/aromatic N) is 1. The van der Waals surface area contributed by atoms with Crippen LogP contribution >= 0.6 is 15.9 Å². The number of hydrogen-bond acceptors (Lipinski definition) is 3. The van der Waals surface area contributed by atoms with Gasteiger partial charge in [0.15, 0.2) is 0 Å². The summed E-state index contributed by atoms with van der Waals surface area (Å²) < 4.78 is 29.2. The zero-order chi connectivity index (χ0) is 15.6. The molecule has 0 aromatic heterocycles. The van der Waals surface area contributed by atoms with Gasteiger partial charge in [0.05, 0.1) is 11.6 Å². The van der Waals surface area contributed by atoms with Crippen molar-refractivity contribution in [3.8, 4) is 0 Å². The van der Waals surface area contributed by atoms with Crippen molar-refractivity contribution in [2.75, 3.05) is 17.8 Å². The van der Waals surface area contributed by atoms with E-state index in [1.165, 1.54) is 4.31 Å². The fraction of sp³-hybridized carbons (Fsp3) is 0.462. The number of carboxylic acid groups (broad SMARTS) is 1. The fourth-order valence-electron chi connectivity index (χ4n) is 2.27. The molecule has 0 aliphatic carbocycles. The van der Waals surface area contributed by atoms with Crippen LogP contribution in [-0.4, -0.2) is 36.9 Å². The number of halogens is 1. The van der Waals surface area contributed by atoms with E-state index in [1.807, 2.05) is 13.0 Å². The summed E-state index contributed by atoms with van der Waals surface area (Å²) in [6, 6.07) is 5.33. The first-order valence-electron chi connectivity index (χ1n) is 6.57. The van der Waals surface area contributed by atoms with E-state index in [0.29, 0.717) is 23.0 Å². The third-order valence-corrected chi connectivity index (χ3v) is 6.15. The minimum Gasteiger partial charge on any atom is -0.481 e. The first-order chi connectivity index (χ1) is 9.81. The lowest BCUT2D eigenvalue weighted by atomic mass is 9.99. The number of hydrogen-bond donors (Lipinski definition) is 2. The van der Waals surface area contributed by atoms with Crippen LogP contribution in [0.5, 0.6) is 0 Å². The molecule has 8 heteroatoms. The van der Waals surface area contributed by atoms with Crippen LogP contribution < -0.4 is 4.72 Å². The zero-order valence-electron chi connectivity index (χ0n) is 11.5. The Morgan fingerprint density at radius 2 is 2.00 bits per heavy atom. The van der Waals surface area contributed by atoms with Crippen LogP contribution in [0.3, 0.4) is 0 Å². The van der Waals surface area contributed by atoms with E-state index >= 15 is 0 Å². The monoisotopic (exact) mass is 376 g/mol. The van der Waals surface area contributed by atoms with Crippen LogP contribution in [0.25, 0.3) is 0 Å². The van der Waals surface area contributed by atoms with E-state index in [1.54, 1.807) is 12.1 Å². The molecule has 0 atom stereocenters. The average Bonchev–Trinajstić information content (AvgIpc) is 2.44. The van der Waals surface area contributed by atoms with Crippen molar-refractivity contribution < 1.29 is 18.3 Å². The molecule has 0 radical (unpaired) electrons. The van der Waals surface area contributed by atoms with Crippen LogP contribution in [0.2, 0.25) is 0 Å². The highest BCUT2D eigenvalue weighted by Gasteiger charge is 2.31. The number of carboxylic acids is 1. The van der Waals surface area contributed by atoms with E-state index in [0.717, 1.165) is 5.56 Å². The molecular weight excluding hydrogens is 360 g/mol. The van der Waals surface area contributed by atoms with Gasteiger partial charge in [-0.25, -0.2) is 0 Å². The number of anilines is 1. The molecule has 1 saturated heterocycles. The lowest BCUT2D eigenvalue weighted by Gasteiger charge is -2.29. The van der Waals surface area contributed by atoms with Crippen molar-refractivity contribution >= 4 is 37.8 Å². The number of carbonyl (C=O) groups is 1. The van der Waals surface area contributed by atoms with Gasteiger partial charge in [0.1, 0.15) is 0 Å². The minimum absolute atomic E-state index is 0.218. The summed E-state index contributed by atoms with van der Waals surface area (Å²) >= 11 is 3.36. The Morgan fingerprint density at radius 3 is 2.57 bits per heavy atom. The Balaban J connectivity index is 2.09. The maximum absolute atomic E-state index is 12.3. The minimum atomic E-state index is -3.66. The molecule has 0 bridgehead atoms. The molecule has 0 amide bonds. The maximum Gasteiger partial charge on any atom is 0.306 e. The standard InChI is InChI=1S/C13H17BrN2O4S/c1-9-3-2-4-11(12(9)14)15-21(19,20)16-7-5-10(6-8-16)13(17)18/h2-4,10,15H,5-8H2,1H3,(H,17,18). The Kier molecular flexibility index (Phi) is 4.90. The summed E-state index contributed by atoms with van der Waals surface area (Å²) in [5.41, 5.74) is 1.41. The summed E-state index contributed by atoms with van der Waals surface area (Å²) in [5.74, 6) is -1.32. The molecular formula is C13H17BrN2O4S. The molecule has 21 heavy (non-hydrogen) atoms. The highest BCUT2D eigenvalue weighted by molar-refractivity contribution is 9.10. The SMILES string of the molecule is Cc1cccc(NS(=O)(=O)N2CCC(C(=O)O)CC2)c1Br. The van der Waals surface area contributed by atoms with Crippen molar-refractivity contribution in [1.29, 1.82) is 0 Å². The molecule has 1 aliphatic heterocycles. The van der Waals surface area contributed by atoms with Gasteiger partial charge in [-0.2, -0.15) is 12.7 Å². The lowest BCUT2D eigenvalue weighted by Crippen LogP contribution is -2.43. The van der Waals surface area contributed by atoms with Crippen LogP contribution in [0.1, 0.15) is 18.4 Å². The Bertz CT molecular complexity index is 640. The predicted molar refractivity (Wildman–Crippen MR) is 83.4 cm³/mol. The van der Waals surface area contributed by atoms with Crippen LogP contribution in [0.15, 0.2) is 22.7 Å². The predicted octanol–water partition coefficient (Wildman–Crippen LogP) is 2.21. The van der Waals surface area contributed by atoms with Crippen molar-refractivity contribution in [1.82, 2.24) is 4.31 Å². The van der Waals surface area contributed by atoms with Gasteiger partial charge in [-0.3, -0.25) is 9.52 Å². The highest BCUT2D eigenvalue weighted by atomic mass is 79.9. The van der Waals surface area contributed by atoms with Crippen LogP contribution in [0, 0.1) is 12.8 Å². The number of benzene rings is 1. The van der Waals surface area contributed by atoms with Gasteiger partial charge in [-0.1, -0.05) is 12.1 Å². The third-order valence-electron chi connectivity index (χ3n) is 3.57. The smallest absolute Gasteiger partial charge is 0.306 e. The lowest BCUT2D eigenvalue weighted by molar-refractivity contribution is -0.142. The maximum atomic E-state index is 12.3. The van der Waals surface area contributed by atoms with E-state index < -0.39 is 22.1 Å². The fourth-order valence-corrected chi connectivity index (χ4v) is 4.04. The van der Waals surface area contributed by atoms with Crippen molar-refractivity contribution in [2.45, 2.75) is 19.8 Å². The van der Waals surface area contributed by atoms with Gasteiger partial charge < -0.3 is 5.11 Å². The van der Waals surface area contributed by atoms with E-state index in [2.05, 4.69) is 20.7 Å². The molecule has 0 saturated carbocycles. The highest BCUT2D eigenvalue weighted by Crippen LogP contribution is 2.28. The number of nitrogens with one attached hydrogen (secondary N) is 1. The van der Waals surface area contributed by atoms with Gasteiger partial charge in [-0.05, 0) is 47.3 Å². The molecule has 2 N–H and O–H groups in total. The van der Waals surface area contributed by atoms with Gasteiger partial charge in [0.2, 0.25) is 0 Å². The third kappa shape index (κ3) is 3.75. The van der Waals surface area contributed by atoms with Crippen molar-refractivity contribution in [3.63, 3.8) is 0 Å². The van der Waals surface area contributed by atoms with Crippen molar-refractivity contribution in [2.24, 2.45) is 5.92 Å². The van der Waals surface area contributed by atoms with E-state index in [9.17, 15) is 13.2 Å². The molecule has 1 aromatic carbocycles. The van der Waals surface area contributed by atoms with Crippen LogP contribution in [-0.2, 0) is 15.0 Å². The van der Waals surface area contributed by atoms with E-state index in [-0.39, 0.29) is 13.1 Å². The number of piperidine rings is 1. The molecule has 116 valence electrons. The zero-order valence-corrected chi connectivity index (χ0v) is 13.9. The summed E-state index contributed by atoms with van der Waals surface area (Å²) in [6.07, 6.45) is 0.677. The molecule has 2 rings (SSSR count). The van der Waals surface area contributed by atoms with E-state index in [4.69, 9.17) is 5.11 Å². The molecule has 0 spiro atoms. The van der Waals surface area contributed by atoms with Gasteiger partial charge >= 0.3 is 16.2 Å². The largest absolute Gasteiger partial charge is 0.481 e. The molecule has 6 nitrogen and oxygen atoms in total. The number of rotatable bonds is 4. The molecule has 1 heterocycles. The Hall–Kier alpha value is -1.12. The second-order valence-electron chi connectivity index (χ2n) is 5.06. The average molecular weight is 377 g/mol. The molecule has 1 aromatic rings.